The summed E-state index contributed by atoms with van der Waals surface area (Å²) in [6, 6.07) is 0. The van der Waals surface area contributed by atoms with Crippen LogP contribution in [0, 0.1) is 0 Å². The van der Waals surface area contributed by atoms with Crippen LogP contribution >= 0.6 is 0 Å². The number of H-pyrrole nitrogens is 1. The van der Waals surface area contributed by atoms with Gasteiger partial charge < -0.3 is 0 Å². The number of aromatic nitrogens is 4. The molecule has 0 radical (unpaired) electrons. The minimum atomic E-state index is -0.166. The third-order valence-corrected chi connectivity index (χ3v) is 4.29. The largest absolute Gasteiger partial charge is 0.349 e. The van der Waals surface area contributed by atoms with E-state index >= 15 is 0 Å². The van der Waals surface area contributed by atoms with E-state index in [9.17, 15) is 4.79 Å². The molecule has 0 spiro atoms. The molecule has 108 valence electrons. The summed E-state index contributed by atoms with van der Waals surface area (Å²) in [5, 5.41) is 4.15. The Morgan fingerprint density at radius 3 is 2.60 bits per heavy atom. The van der Waals surface area contributed by atoms with E-state index in [2.05, 4.69) is 23.9 Å². The zero-order chi connectivity index (χ0) is 14.1. The van der Waals surface area contributed by atoms with E-state index in [1.165, 1.54) is 30.2 Å². The molecule has 0 saturated heterocycles. The normalized spacial score (nSPS) is 17.8. The fourth-order valence-corrected chi connectivity index (χ4v) is 3.07. The molecule has 1 fully saturated rings. The number of rotatable bonds is 2. The average molecular weight is 274 g/mol. The van der Waals surface area contributed by atoms with Gasteiger partial charge in [0.05, 0.1) is 6.20 Å². The summed E-state index contributed by atoms with van der Waals surface area (Å²) in [6.45, 7) is 4.20. The fourth-order valence-electron chi connectivity index (χ4n) is 3.07. The summed E-state index contributed by atoms with van der Waals surface area (Å²) in [6.07, 6.45) is 9.08. The van der Waals surface area contributed by atoms with E-state index in [1.807, 2.05) is 0 Å². The van der Waals surface area contributed by atoms with E-state index in [1.54, 1.807) is 6.20 Å². The Hall–Kier alpha value is -1.65. The van der Waals surface area contributed by atoms with Crippen LogP contribution in [-0.2, 0) is 0 Å². The van der Waals surface area contributed by atoms with Crippen molar-refractivity contribution < 1.29 is 0 Å². The fraction of sp³-hybridized carbons (Fsp3) is 0.667. The van der Waals surface area contributed by atoms with Crippen molar-refractivity contribution in [1.29, 1.82) is 0 Å². The van der Waals surface area contributed by atoms with Crippen LogP contribution in [0.5, 0.6) is 0 Å². The maximum absolute atomic E-state index is 12.2. The second-order valence-corrected chi connectivity index (χ2v) is 6.11. The van der Waals surface area contributed by atoms with E-state index in [4.69, 9.17) is 4.98 Å². The Morgan fingerprint density at radius 1 is 1.25 bits per heavy atom. The van der Waals surface area contributed by atoms with Crippen LogP contribution in [0.25, 0.3) is 5.65 Å². The maximum atomic E-state index is 12.2. The van der Waals surface area contributed by atoms with Crippen LogP contribution < -0.4 is 5.69 Å². The van der Waals surface area contributed by atoms with Crippen LogP contribution in [0.3, 0.4) is 0 Å². The van der Waals surface area contributed by atoms with Gasteiger partial charge in [-0.15, -0.1) is 0 Å². The summed E-state index contributed by atoms with van der Waals surface area (Å²) >= 11 is 0. The van der Waals surface area contributed by atoms with Gasteiger partial charge in [0.15, 0.2) is 5.65 Å². The first-order valence-electron chi connectivity index (χ1n) is 7.64. The molecule has 1 aliphatic rings. The van der Waals surface area contributed by atoms with Gasteiger partial charge in [0.25, 0.3) is 0 Å². The molecule has 20 heavy (non-hydrogen) atoms. The van der Waals surface area contributed by atoms with Gasteiger partial charge in [-0.2, -0.15) is 9.61 Å². The molecule has 3 rings (SSSR count). The van der Waals surface area contributed by atoms with Crippen LogP contribution in [-0.4, -0.2) is 19.6 Å². The number of fused-ring (bicyclic) bond motifs is 1. The lowest BCUT2D eigenvalue weighted by Crippen LogP contribution is -2.22. The SMILES string of the molecule is CC(C)c1cnn2c(=O)[nH]c(C3CCCCCC3)nc12. The van der Waals surface area contributed by atoms with Crippen LogP contribution in [0.2, 0.25) is 0 Å². The van der Waals surface area contributed by atoms with Gasteiger partial charge in [-0.3, -0.25) is 4.98 Å². The third kappa shape index (κ3) is 2.37. The van der Waals surface area contributed by atoms with Crippen molar-refractivity contribution in [1.82, 2.24) is 19.6 Å². The monoisotopic (exact) mass is 274 g/mol. The minimum Gasteiger partial charge on any atom is -0.294 e. The summed E-state index contributed by atoms with van der Waals surface area (Å²) in [7, 11) is 0. The molecule has 0 amide bonds. The Kier molecular flexibility index (Phi) is 3.59. The molecule has 2 aromatic heterocycles. The van der Waals surface area contributed by atoms with Crippen molar-refractivity contribution in [3.05, 3.63) is 28.1 Å². The van der Waals surface area contributed by atoms with Crippen LogP contribution in [0.1, 0.15) is 75.6 Å². The van der Waals surface area contributed by atoms with Crippen LogP contribution in [0.15, 0.2) is 11.0 Å². The van der Waals surface area contributed by atoms with E-state index in [0.29, 0.717) is 11.8 Å². The molecule has 2 heterocycles. The lowest BCUT2D eigenvalue weighted by molar-refractivity contribution is 0.553. The highest BCUT2D eigenvalue weighted by atomic mass is 16.1. The smallest absolute Gasteiger partial charge is 0.294 e. The first-order chi connectivity index (χ1) is 9.66. The minimum absolute atomic E-state index is 0.166. The predicted molar refractivity (Wildman–Crippen MR) is 78.1 cm³/mol. The first kappa shape index (κ1) is 13.3. The Morgan fingerprint density at radius 2 is 1.95 bits per heavy atom. The molecular formula is C15H22N4O. The molecule has 2 aromatic rings. The Balaban J connectivity index is 2.07. The van der Waals surface area contributed by atoms with Gasteiger partial charge in [-0.1, -0.05) is 39.5 Å². The van der Waals surface area contributed by atoms with Gasteiger partial charge in [0.1, 0.15) is 5.82 Å². The molecule has 0 bridgehead atoms. The van der Waals surface area contributed by atoms with Crippen molar-refractivity contribution in [3.63, 3.8) is 0 Å². The molecule has 1 saturated carbocycles. The maximum Gasteiger partial charge on any atom is 0.349 e. The average Bonchev–Trinajstić information content (AvgIpc) is 2.67. The highest BCUT2D eigenvalue weighted by Gasteiger charge is 2.19. The van der Waals surface area contributed by atoms with Crippen molar-refractivity contribution >= 4 is 5.65 Å². The summed E-state index contributed by atoms with van der Waals surface area (Å²) in [5.41, 5.74) is 1.61. The number of aromatic amines is 1. The topological polar surface area (TPSA) is 63.1 Å². The van der Waals surface area contributed by atoms with Crippen LogP contribution in [0.4, 0.5) is 0 Å². The summed E-state index contributed by atoms with van der Waals surface area (Å²) in [5.74, 6) is 1.57. The van der Waals surface area contributed by atoms with Gasteiger partial charge in [0, 0.05) is 11.5 Å². The molecule has 5 heteroatoms. The number of hydrogen-bond donors (Lipinski definition) is 1. The molecule has 0 aliphatic heterocycles. The zero-order valence-electron chi connectivity index (χ0n) is 12.2. The first-order valence-corrected chi connectivity index (χ1v) is 7.64. The van der Waals surface area contributed by atoms with Crippen molar-refractivity contribution in [2.24, 2.45) is 0 Å². The highest BCUT2D eigenvalue weighted by molar-refractivity contribution is 5.47. The Bertz CT molecular complexity index is 647. The number of hydrogen-bond acceptors (Lipinski definition) is 3. The molecule has 1 N–H and O–H groups in total. The van der Waals surface area contributed by atoms with Crippen molar-refractivity contribution in [2.45, 2.75) is 64.2 Å². The van der Waals surface area contributed by atoms with E-state index in [0.717, 1.165) is 29.9 Å². The Labute approximate surface area is 118 Å². The summed E-state index contributed by atoms with van der Waals surface area (Å²) < 4.78 is 1.38. The molecule has 5 nitrogen and oxygen atoms in total. The molecule has 0 aromatic carbocycles. The quantitative estimate of drug-likeness (QED) is 0.856. The second-order valence-electron chi connectivity index (χ2n) is 6.11. The van der Waals surface area contributed by atoms with E-state index in [-0.39, 0.29) is 5.69 Å². The number of nitrogens with zero attached hydrogens (tertiary/aromatic N) is 3. The standard InChI is InChI=1S/C15H22N4O/c1-10(2)12-9-16-19-14(12)17-13(18-15(19)20)11-7-5-3-4-6-8-11/h9-11H,3-8H2,1-2H3,(H,17,18,20). The highest BCUT2D eigenvalue weighted by Crippen LogP contribution is 2.29. The second kappa shape index (κ2) is 5.38. The van der Waals surface area contributed by atoms with E-state index < -0.39 is 0 Å². The predicted octanol–water partition coefficient (Wildman–Crippen LogP) is 2.98. The molecule has 0 unspecified atom stereocenters. The zero-order valence-corrected chi connectivity index (χ0v) is 12.2. The summed E-state index contributed by atoms with van der Waals surface area (Å²) in [4.78, 5) is 19.8. The molecule has 1 aliphatic carbocycles. The number of nitrogens with one attached hydrogen (secondary N) is 1. The van der Waals surface area contributed by atoms with Crippen molar-refractivity contribution in [2.75, 3.05) is 0 Å². The molecular weight excluding hydrogens is 252 g/mol. The van der Waals surface area contributed by atoms with Gasteiger partial charge in [0.2, 0.25) is 0 Å². The lowest BCUT2D eigenvalue weighted by Gasteiger charge is -2.13. The van der Waals surface area contributed by atoms with Crippen molar-refractivity contribution in [3.8, 4) is 0 Å². The van der Waals surface area contributed by atoms with Gasteiger partial charge in [-0.25, -0.2) is 9.78 Å². The van der Waals surface area contributed by atoms with Gasteiger partial charge >= 0.3 is 5.69 Å². The molecule has 0 atom stereocenters. The lowest BCUT2D eigenvalue weighted by atomic mass is 9.99. The third-order valence-electron chi connectivity index (χ3n) is 4.29. The van der Waals surface area contributed by atoms with Gasteiger partial charge in [-0.05, 0) is 18.8 Å².